The van der Waals surface area contributed by atoms with Crippen molar-refractivity contribution in [2.75, 3.05) is 31.4 Å². The Morgan fingerprint density at radius 3 is 2.67 bits per heavy atom. The fraction of sp³-hybridized carbons (Fsp3) is 0.571. The Balaban J connectivity index is 2.28. The van der Waals surface area contributed by atoms with Gasteiger partial charge in [-0.2, -0.15) is 11.8 Å². The zero-order valence-electron chi connectivity index (χ0n) is 12.7. The lowest BCUT2D eigenvalue weighted by Gasteiger charge is -2.22. The first kappa shape index (κ1) is 16.5. The molecule has 2 unspecified atom stereocenters. The van der Waals surface area contributed by atoms with Crippen LogP contribution in [0.1, 0.15) is 19.3 Å². The molecular weight excluding hydrogens is 306 g/mol. The maximum atomic E-state index is 12.2. The highest BCUT2D eigenvalue weighted by atomic mass is 32.2. The van der Waals surface area contributed by atoms with Gasteiger partial charge in [0.1, 0.15) is 0 Å². The summed E-state index contributed by atoms with van der Waals surface area (Å²) in [5.41, 5.74) is 7.29. The molecule has 2 atom stereocenters. The molecule has 0 amide bonds. The average Bonchev–Trinajstić information content (AvgIpc) is 2.88. The Labute approximate surface area is 131 Å². The van der Waals surface area contributed by atoms with Crippen LogP contribution in [-0.2, 0) is 10.0 Å². The average molecular weight is 329 g/mol. The van der Waals surface area contributed by atoms with Gasteiger partial charge in [0.05, 0.1) is 16.3 Å². The number of rotatable bonds is 5. The second-order valence-corrected chi connectivity index (χ2v) is 8.72. The second-order valence-electron chi connectivity index (χ2n) is 5.49. The molecule has 21 heavy (non-hydrogen) atoms. The van der Waals surface area contributed by atoms with Gasteiger partial charge in [0.2, 0.25) is 10.0 Å². The SMILES string of the molecule is CSC1CCCC1Nc1cc(S(=O)(=O)N(C)C)ccc1N. The Kier molecular flexibility index (Phi) is 5.06. The summed E-state index contributed by atoms with van der Waals surface area (Å²) in [5, 5.41) is 3.99. The summed E-state index contributed by atoms with van der Waals surface area (Å²) in [4.78, 5) is 0.267. The highest BCUT2D eigenvalue weighted by Gasteiger charge is 2.27. The van der Waals surface area contributed by atoms with Gasteiger partial charge in [-0.15, -0.1) is 0 Å². The van der Waals surface area contributed by atoms with Crippen LogP contribution in [0.2, 0.25) is 0 Å². The van der Waals surface area contributed by atoms with Crippen LogP contribution < -0.4 is 11.1 Å². The van der Waals surface area contributed by atoms with E-state index >= 15 is 0 Å². The standard InChI is InChI=1S/C14H23N3O2S2/c1-17(2)21(18,19)10-7-8-11(15)13(9-10)16-12-5-4-6-14(12)20-3/h7-9,12,14,16H,4-6,15H2,1-3H3. The number of sulfonamides is 1. The smallest absolute Gasteiger partial charge is 0.242 e. The normalized spacial score (nSPS) is 22.7. The first-order chi connectivity index (χ1) is 9.86. The van der Waals surface area contributed by atoms with Crippen molar-refractivity contribution in [1.29, 1.82) is 0 Å². The molecule has 0 radical (unpaired) electrons. The molecule has 0 aliphatic heterocycles. The minimum atomic E-state index is -3.44. The van der Waals surface area contributed by atoms with E-state index in [1.165, 1.54) is 31.2 Å². The minimum absolute atomic E-state index is 0.267. The van der Waals surface area contributed by atoms with Crippen molar-refractivity contribution in [3.63, 3.8) is 0 Å². The van der Waals surface area contributed by atoms with Crippen molar-refractivity contribution < 1.29 is 8.42 Å². The molecular formula is C14H23N3O2S2. The number of hydrogen-bond acceptors (Lipinski definition) is 5. The molecule has 1 aliphatic rings. The topological polar surface area (TPSA) is 75.4 Å². The van der Waals surface area contributed by atoms with Crippen LogP contribution in [0.3, 0.4) is 0 Å². The van der Waals surface area contributed by atoms with E-state index in [2.05, 4.69) is 11.6 Å². The molecule has 1 aromatic rings. The fourth-order valence-electron chi connectivity index (χ4n) is 2.60. The Morgan fingerprint density at radius 2 is 2.05 bits per heavy atom. The van der Waals surface area contributed by atoms with Crippen LogP contribution >= 0.6 is 11.8 Å². The molecule has 2 rings (SSSR count). The predicted octanol–water partition coefficient (Wildman–Crippen LogP) is 2.22. The van der Waals surface area contributed by atoms with Gasteiger partial charge < -0.3 is 11.1 Å². The molecule has 5 nitrogen and oxygen atoms in total. The molecule has 0 saturated heterocycles. The van der Waals surface area contributed by atoms with Crippen LogP contribution in [0.5, 0.6) is 0 Å². The summed E-state index contributed by atoms with van der Waals surface area (Å²) in [6.07, 6.45) is 5.59. The minimum Gasteiger partial charge on any atom is -0.397 e. The van der Waals surface area contributed by atoms with Crippen molar-refractivity contribution >= 4 is 33.2 Å². The molecule has 3 N–H and O–H groups in total. The van der Waals surface area contributed by atoms with Crippen LogP contribution in [-0.4, -0.2) is 44.4 Å². The van der Waals surface area contributed by atoms with Crippen molar-refractivity contribution in [1.82, 2.24) is 4.31 Å². The number of benzene rings is 1. The first-order valence-corrected chi connectivity index (χ1v) is 9.70. The maximum Gasteiger partial charge on any atom is 0.242 e. The molecule has 7 heteroatoms. The van der Waals surface area contributed by atoms with Gasteiger partial charge in [0.15, 0.2) is 0 Å². The van der Waals surface area contributed by atoms with E-state index in [4.69, 9.17) is 5.73 Å². The molecule has 1 saturated carbocycles. The van der Waals surface area contributed by atoms with Gasteiger partial charge in [-0.1, -0.05) is 6.42 Å². The van der Waals surface area contributed by atoms with Crippen molar-refractivity contribution in [3.05, 3.63) is 18.2 Å². The maximum absolute atomic E-state index is 12.2. The lowest BCUT2D eigenvalue weighted by atomic mass is 10.2. The summed E-state index contributed by atoms with van der Waals surface area (Å²) in [6.45, 7) is 0. The third-order valence-electron chi connectivity index (χ3n) is 3.90. The summed E-state index contributed by atoms with van der Waals surface area (Å²) in [5.74, 6) is 0. The van der Waals surface area contributed by atoms with Crippen molar-refractivity contribution in [2.45, 2.75) is 35.4 Å². The molecule has 118 valence electrons. The third kappa shape index (κ3) is 3.46. The number of nitrogens with two attached hydrogens (primary N) is 1. The van der Waals surface area contributed by atoms with E-state index < -0.39 is 10.0 Å². The predicted molar refractivity (Wildman–Crippen MR) is 90.3 cm³/mol. The molecule has 0 bridgehead atoms. The monoisotopic (exact) mass is 329 g/mol. The zero-order chi connectivity index (χ0) is 15.6. The van der Waals surface area contributed by atoms with E-state index in [1.807, 2.05) is 11.8 Å². The number of nitrogens with one attached hydrogen (secondary N) is 1. The van der Waals surface area contributed by atoms with Gasteiger partial charge in [0, 0.05) is 25.4 Å². The second kappa shape index (κ2) is 6.46. The van der Waals surface area contributed by atoms with Crippen LogP contribution in [0.15, 0.2) is 23.1 Å². The fourth-order valence-corrected chi connectivity index (χ4v) is 4.47. The van der Waals surface area contributed by atoms with Gasteiger partial charge in [-0.3, -0.25) is 0 Å². The number of hydrogen-bond donors (Lipinski definition) is 2. The molecule has 1 fully saturated rings. The van der Waals surface area contributed by atoms with E-state index in [-0.39, 0.29) is 4.90 Å². The Hall–Kier alpha value is -0.920. The molecule has 0 spiro atoms. The van der Waals surface area contributed by atoms with Gasteiger partial charge in [-0.25, -0.2) is 12.7 Å². The summed E-state index contributed by atoms with van der Waals surface area (Å²) < 4.78 is 25.6. The molecule has 0 aromatic heterocycles. The van der Waals surface area contributed by atoms with Gasteiger partial charge >= 0.3 is 0 Å². The van der Waals surface area contributed by atoms with E-state index in [0.717, 1.165) is 6.42 Å². The molecule has 1 aromatic carbocycles. The highest BCUT2D eigenvalue weighted by molar-refractivity contribution is 7.99. The third-order valence-corrected chi connectivity index (χ3v) is 6.88. The largest absolute Gasteiger partial charge is 0.397 e. The van der Waals surface area contributed by atoms with Crippen LogP contribution in [0.4, 0.5) is 11.4 Å². The van der Waals surface area contributed by atoms with E-state index in [0.29, 0.717) is 22.7 Å². The molecule has 0 heterocycles. The number of nitrogen functional groups attached to an aromatic ring is 1. The summed E-state index contributed by atoms with van der Waals surface area (Å²) in [7, 11) is -0.382. The summed E-state index contributed by atoms with van der Waals surface area (Å²) in [6, 6.07) is 5.19. The zero-order valence-corrected chi connectivity index (χ0v) is 14.3. The van der Waals surface area contributed by atoms with E-state index in [9.17, 15) is 8.42 Å². The number of nitrogens with zero attached hydrogens (tertiary/aromatic N) is 1. The van der Waals surface area contributed by atoms with Gasteiger partial charge in [0.25, 0.3) is 0 Å². The van der Waals surface area contributed by atoms with Crippen LogP contribution in [0.25, 0.3) is 0 Å². The van der Waals surface area contributed by atoms with Crippen molar-refractivity contribution in [3.8, 4) is 0 Å². The van der Waals surface area contributed by atoms with Crippen molar-refractivity contribution in [2.24, 2.45) is 0 Å². The van der Waals surface area contributed by atoms with Gasteiger partial charge in [-0.05, 0) is 37.3 Å². The van der Waals surface area contributed by atoms with E-state index in [1.54, 1.807) is 18.2 Å². The lowest BCUT2D eigenvalue weighted by molar-refractivity contribution is 0.521. The number of anilines is 2. The lowest BCUT2D eigenvalue weighted by Crippen LogP contribution is -2.27. The molecule has 1 aliphatic carbocycles. The number of thioether (sulfide) groups is 1. The quantitative estimate of drug-likeness (QED) is 0.810. The van der Waals surface area contributed by atoms with Crippen LogP contribution in [0, 0.1) is 0 Å². The Morgan fingerprint density at radius 1 is 1.33 bits per heavy atom. The summed E-state index contributed by atoms with van der Waals surface area (Å²) >= 11 is 1.85. The highest BCUT2D eigenvalue weighted by Crippen LogP contribution is 2.33. The first-order valence-electron chi connectivity index (χ1n) is 6.97. The Bertz CT molecular complexity index is 602.